The molecular formula is C13H17ClFNO2. The van der Waals surface area contributed by atoms with Gasteiger partial charge in [0.15, 0.2) is 5.78 Å². The second kappa shape index (κ2) is 7.46. The predicted molar refractivity (Wildman–Crippen MR) is 69.2 cm³/mol. The van der Waals surface area contributed by atoms with Crippen LogP contribution in [0.15, 0.2) is 18.2 Å². The molecule has 0 bridgehead atoms. The molecule has 3 nitrogen and oxygen atoms in total. The van der Waals surface area contributed by atoms with E-state index in [2.05, 4.69) is 0 Å². The van der Waals surface area contributed by atoms with Crippen LogP contribution in [-0.2, 0) is 16.0 Å². The highest BCUT2D eigenvalue weighted by atomic mass is 35.5. The van der Waals surface area contributed by atoms with Crippen LogP contribution >= 0.6 is 11.6 Å². The summed E-state index contributed by atoms with van der Waals surface area (Å²) in [5.41, 5.74) is 6.02. The van der Waals surface area contributed by atoms with Crippen LogP contribution < -0.4 is 5.73 Å². The first-order valence-corrected chi connectivity index (χ1v) is 6.14. The zero-order chi connectivity index (χ0) is 13.5. The van der Waals surface area contributed by atoms with E-state index in [9.17, 15) is 9.18 Å². The van der Waals surface area contributed by atoms with E-state index in [1.165, 1.54) is 6.07 Å². The number of carbonyl (C=O) groups excluding carboxylic acids is 1. The number of ether oxygens (including phenoxy) is 1. The smallest absolute Gasteiger partial charge is 0.153 e. The fourth-order valence-corrected chi connectivity index (χ4v) is 1.81. The fraction of sp³-hybridized carbons (Fsp3) is 0.462. The molecule has 0 saturated heterocycles. The number of carbonyl (C=O) groups is 1. The second-order valence-electron chi connectivity index (χ2n) is 4.10. The number of Topliss-reactive ketones (excluding diaryl/α,β-unsaturated/α-hetero) is 1. The lowest BCUT2D eigenvalue weighted by molar-refractivity contribution is -0.119. The highest BCUT2D eigenvalue weighted by Crippen LogP contribution is 2.18. The molecule has 18 heavy (non-hydrogen) atoms. The molecule has 5 heteroatoms. The molecule has 0 saturated carbocycles. The third-order valence-corrected chi connectivity index (χ3v) is 2.97. The van der Waals surface area contributed by atoms with Crippen LogP contribution in [0.2, 0.25) is 5.02 Å². The lowest BCUT2D eigenvalue weighted by Crippen LogP contribution is -2.32. The first-order chi connectivity index (χ1) is 8.56. The first-order valence-electron chi connectivity index (χ1n) is 5.76. The standard InChI is InChI=1S/C13H17ClFNO2/c1-18-7-3-6-11(16)12(17)8-9-4-2-5-10(14)13(9)15/h2,4-5,11H,3,6-8,16H2,1H3. The Balaban J connectivity index is 2.56. The average molecular weight is 274 g/mol. The van der Waals surface area contributed by atoms with Gasteiger partial charge in [-0.25, -0.2) is 4.39 Å². The van der Waals surface area contributed by atoms with Gasteiger partial charge in [0.2, 0.25) is 0 Å². The Kier molecular flexibility index (Phi) is 6.25. The van der Waals surface area contributed by atoms with Gasteiger partial charge in [0.25, 0.3) is 0 Å². The second-order valence-corrected chi connectivity index (χ2v) is 4.50. The van der Waals surface area contributed by atoms with Crippen molar-refractivity contribution in [3.63, 3.8) is 0 Å². The van der Waals surface area contributed by atoms with Crippen LogP contribution in [0.1, 0.15) is 18.4 Å². The Bertz CT molecular complexity index is 412. The quantitative estimate of drug-likeness (QED) is 0.776. The Morgan fingerprint density at radius 2 is 2.28 bits per heavy atom. The predicted octanol–water partition coefficient (Wildman–Crippen LogP) is 2.34. The molecule has 2 N–H and O–H groups in total. The van der Waals surface area contributed by atoms with Gasteiger partial charge in [-0.1, -0.05) is 23.7 Å². The number of rotatable bonds is 7. The maximum absolute atomic E-state index is 13.6. The molecule has 0 aromatic heterocycles. The van der Waals surface area contributed by atoms with Gasteiger partial charge in [-0.15, -0.1) is 0 Å². The van der Waals surface area contributed by atoms with Crippen molar-refractivity contribution in [2.75, 3.05) is 13.7 Å². The van der Waals surface area contributed by atoms with Crippen molar-refractivity contribution in [3.8, 4) is 0 Å². The highest BCUT2D eigenvalue weighted by Gasteiger charge is 2.16. The number of methoxy groups -OCH3 is 1. The van der Waals surface area contributed by atoms with Gasteiger partial charge in [-0.2, -0.15) is 0 Å². The van der Waals surface area contributed by atoms with E-state index in [0.29, 0.717) is 19.4 Å². The Morgan fingerprint density at radius 3 is 2.94 bits per heavy atom. The molecule has 1 aromatic carbocycles. The molecule has 0 spiro atoms. The normalized spacial score (nSPS) is 12.4. The monoisotopic (exact) mass is 273 g/mol. The molecular weight excluding hydrogens is 257 g/mol. The Labute approximate surface area is 111 Å². The van der Waals surface area contributed by atoms with Crippen molar-refractivity contribution in [3.05, 3.63) is 34.6 Å². The van der Waals surface area contributed by atoms with Crippen molar-refractivity contribution in [1.82, 2.24) is 0 Å². The zero-order valence-electron chi connectivity index (χ0n) is 10.3. The summed E-state index contributed by atoms with van der Waals surface area (Å²) in [5, 5.41) is 0.0215. The summed E-state index contributed by atoms with van der Waals surface area (Å²) in [6.45, 7) is 0.562. The van der Waals surface area contributed by atoms with Gasteiger partial charge in [-0.3, -0.25) is 4.79 Å². The molecule has 1 rings (SSSR count). The van der Waals surface area contributed by atoms with Crippen LogP contribution in [0.4, 0.5) is 4.39 Å². The van der Waals surface area contributed by atoms with Gasteiger partial charge < -0.3 is 10.5 Å². The number of ketones is 1. The van der Waals surface area contributed by atoms with Crippen molar-refractivity contribution in [1.29, 1.82) is 0 Å². The summed E-state index contributed by atoms with van der Waals surface area (Å²) in [5.74, 6) is -0.733. The minimum absolute atomic E-state index is 0.0215. The van der Waals surface area contributed by atoms with E-state index in [1.807, 2.05) is 0 Å². The van der Waals surface area contributed by atoms with Crippen LogP contribution in [0.5, 0.6) is 0 Å². The van der Waals surface area contributed by atoms with E-state index in [0.717, 1.165) is 0 Å². The summed E-state index contributed by atoms with van der Waals surface area (Å²) < 4.78 is 18.5. The lowest BCUT2D eigenvalue weighted by atomic mass is 10.0. The van der Waals surface area contributed by atoms with Crippen molar-refractivity contribution >= 4 is 17.4 Å². The molecule has 0 heterocycles. The minimum Gasteiger partial charge on any atom is -0.385 e. The highest BCUT2D eigenvalue weighted by molar-refractivity contribution is 6.30. The Morgan fingerprint density at radius 1 is 1.56 bits per heavy atom. The molecule has 1 unspecified atom stereocenters. The van der Waals surface area contributed by atoms with E-state index in [-0.39, 0.29) is 22.8 Å². The van der Waals surface area contributed by atoms with E-state index in [4.69, 9.17) is 22.1 Å². The largest absolute Gasteiger partial charge is 0.385 e. The van der Waals surface area contributed by atoms with E-state index < -0.39 is 11.9 Å². The molecule has 0 amide bonds. The maximum Gasteiger partial charge on any atom is 0.153 e. The van der Waals surface area contributed by atoms with Gasteiger partial charge in [-0.05, 0) is 24.5 Å². The average Bonchev–Trinajstić information content (AvgIpc) is 2.35. The molecule has 0 fully saturated rings. The van der Waals surface area contributed by atoms with Crippen LogP contribution in [-0.4, -0.2) is 25.5 Å². The van der Waals surface area contributed by atoms with Gasteiger partial charge in [0.05, 0.1) is 11.1 Å². The van der Waals surface area contributed by atoms with Crippen LogP contribution in [0.3, 0.4) is 0 Å². The topological polar surface area (TPSA) is 52.3 Å². The van der Waals surface area contributed by atoms with Crippen LogP contribution in [0.25, 0.3) is 0 Å². The summed E-state index contributed by atoms with van der Waals surface area (Å²) >= 11 is 5.65. The third-order valence-electron chi connectivity index (χ3n) is 2.67. The molecule has 100 valence electrons. The number of hydrogen-bond acceptors (Lipinski definition) is 3. The van der Waals surface area contributed by atoms with Crippen molar-refractivity contribution in [2.24, 2.45) is 5.73 Å². The van der Waals surface area contributed by atoms with Crippen LogP contribution in [0, 0.1) is 5.82 Å². The molecule has 0 radical (unpaired) electrons. The number of halogens is 2. The van der Waals surface area contributed by atoms with Gasteiger partial charge in [0.1, 0.15) is 5.82 Å². The molecule has 0 aliphatic carbocycles. The van der Waals surface area contributed by atoms with E-state index >= 15 is 0 Å². The van der Waals surface area contributed by atoms with E-state index in [1.54, 1.807) is 19.2 Å². The summed E-state index contributed by atoms with van der Waals surface area (Å²) in [6, 6.07) is 4.02. The van der Waals surface area contributed by atoms with Gasteiger partial charge in [0, 0.05) is 20.1 Å². The molecule has 1 atom stereocenters. The molecule has 0 aliphatic rings. The number of nitrogens with two attached hydrogens (primary N) is 1. The van der Waals surface area contributed by atoms with Crippen molar-refractivity contribution < 1.29 is 13.9 Å². The lowest BCUT2D eigenvalue weighted by Gasteiger charge is -2.11. The summed E-state index contributed by atoms with van der Waals surface area (Å²) in [4.78, 5) is 11.8. The summed E-state index contributed by atoms with van der Waals surface area (Å²) in [6.07, 6.45) is 1.22. The minimum atomic E-state index is -0.585. The number of hydrogen-bond donors (Lipinski definition) is 1. The zero-order valence-corrected chi connectivity index (χ0v) is 11.0. The maximum atomic E-state index is 13.6. The first kappa shape index (κ1) is 15.1. The van der Waals surface area contributed by atoms with Crippen molar-refractivity contribution in [2.45, 2.75) is 25.3 Å². The third kappa shape index (κ3) is 4.37. The SMILES string of the molecule is COCCCC(N)C(=O)Cc1cccc(Cl)c1F. The fourth-order valence-electron chi connectivity index (χ4n) is 1.61. The Hall–Kier alpha value is -0.970. The molecule has 1 aromatic rings. The number of benzene rings is 1. The summed E-state index contributed by atoms with van der Waals surface area (Å²) in [7, 11) is 1.59. The molecule has 0 aliphatic heterocycles. The van der Waals surface area contributed by atoms with Gasteiger partial charge >= 0.3 is 0 Å².